The summed E-state index contributed by atoms with van der Waals surface area (Å²) in [6, 6.07) is 8.76. The van der Waals surface area contributed by atoms with Crippen molar-refractivity contribution >= 4 is 75.6 Å². The molecule has 1 N–H and O–H groups in total. The third-order valence-corrected chi connectivity index (χ3v) is 5.65. The van der Waals surface area contributed by atoms with Crippen LogP contribution in [0.1, 0.15) is 10.4 Å². The number of carbonyl (C=O) groups is 1. The van der Waals surface area contributed by atoms with Crippen LogP contribution in [-0.2, 0) is 0 Å². The lowest BCUT2D eigenvalue weighted by molar-refractivity contribution is 0.0697. The summed E-state index contributed by atoms with van der Waals surface area (Å²) < 4.78 is 0. The van der Waals surface area contributed by atoms with Gasteiger partial charge in [-0.3, -0.25) is 0 Å². The van der Waals surface area contributed by atoms with Crippen LogP contribution in [-0.4, -0.2) is 16.1 Å². The average Bonchev–Trinajstić information content (AvgIpc) is 2.60. The molecule has 0 bridgehead atoms. The second kappa shape index (κ2) is 8.04. The molecule has 9 heteroatoms. The van der Waals surface area contributed by atoms with Crippen LogP contribution in [0.5, 0.6) is 0 Å². The van der Waals surface area contributed by atoms with Crippen LogP contribution in [0, 0.1) is 0 Å². The van der Waals surface area contributed by atoms with E-state index in [1.165, 1.54) is 24.3 Å². The molecular weight excluding hydrogens is 475 g/mol. The first-order chi connectivity index (χ1) is 12.7. The molecule has 0 aliphatic heterocycles. The summed E-state index contributed by atoms with van der Waals surface area (Å²) >= 11 is 36.8. The van der Waals surface area contributed by atoms with Crippen LogP contribution in [0.4, 0.5) is 0 Å². The number of pyridine rings is 1. The Morgan fingerprint density at radius 2 is 1.11 bits per heavy atom. The molecule has 27 heavy (non-hydrogen) atoms. The van der Waals surface area contributed by atoms with Crippen molar-refractivity contribution in [2.75, 3.05) is 0 Å². The summed E-state index contributed by atoms with van der Waals surface area (Å²) in [7, 11) is 0. The third-order valence-electron chi connectivity index (χ3n) is 3.61. The topological polar surface area (TPSA) is 50.2 Å². The van der Waals surface area contributed by atoms with E-state index in [1.807, 2.05) is 0 Å². The number of benzene rings is 2. The van der Waals surface area contributed by atoms with E-state index >= 15 is 0 Å². The van der Waals surface area contributed by atoms with Gasteiger partial charge in [-0.25, -0.2) is 9.78 Å². The molecule has 1 heterocycles. The van der Waals surface area contributed by atoms with Gasteiger partial charge in [-0.2, -0.15) is 0 Å². The van der Waals surface area contributed by atoms with E-state index in [-0.39, 0.29) is 37.0 Å². The van der Waals surface area contributed by atoms with Crippen LogP contribution in [0.25, 0.3) is 22.5 Å². The summed E-state index contributed by atoms with van der Waals surface area (Å²) in [5, 5.41) is 11.0. The molecule has 0 saturated carbocycles. The van der Waals surface area contributed by atoms with Crippen molar-refractivity contribution in [1.29, 1.82) is 0 Å². The molecule has 0 spiro atoms. The molecule has 0 saturated heterocycles. The van der Waals surface area contributed by atoms with Crippen molar-refractivity contribution < 1.29 is 9.90 Å². The highest BCUT2D eigenvalue weighted by Crippen LogP contribution is 2.39. The molecule has 0 aliphatic rings. The Bertz CT molecular complexity index is 1010. The number of halogens is 6. The Hall–Kier alpha value is -1.20. The average molecular weight is 482 g/mol. The Balaban J connectivity index is 2.32. The molecule has 0 aliphatic carbocycles. The summed E-state index contributed by atoms with van der Waals surface area (Å²) in [4.78, 5) is 16.1. The van der Waals surface area contributed by atoms with Gasteiger partial charge in [0.05, 0.1) is 37.0 Å². The number of aromatic carboxylic acids is 1. The van der Waals surface area contributed by atoms with Crippen molar-refractivity contribution in [2.24, 2.45) is 0 Å². The van der Waals surface area contributed by atoms with Gasteiger partial charge in [0, 0.05) is 21.2 Å². The second-order valence-electron chi connectivity index (χ2n) is 5.43. The highest BCUT2D eigenvalue weighted by atomic mass is 35.5. The van der Waals surface area contributed by atoms with Gasteiger partial charge in [0.25, 0.3) is 0 Å². The van der Waals surface area contributed by atoms with Crippen molar-refractivity contribution in [1.82, 2.24) is 4.98 Å². The zero-order valence-corrected chi connectivity index (χ0v) is 17.6. The maximum atomic E-state index is 11.6. The van der Waals surface area contributed by atoms with Gasteiger partial charge in [-0.15, -0.1) is 0 Å². The van der Waals surface area contributed by atoms with Crippen molar-refractivity contribution in [2.45, 2.75) is 0 Å². The fraction of sp³-hybridized carbons (Fsp3) is 0. The van der Waals surface area contributed by atoms with Crippen molar-refractivity contribution in [3.8, 4) is 22.5 Å². The molecule has 2 aromatic carbocycles. The molecule has 0 atom stereocenters. The third kappa shape index (κ3) is 4.29. The van der Waals surface area contributed by atoms with Crippen LogP contribution in [0.3, 0.4) is 0 Å². The minimum absolute atomic E-state index is 0.0330. The SMILES string of the molecule is O=C(O)c1cc(-c2cc(Cl)cc(Cl)c2Cl)nc(-c2cc(Cl)cc(Cl)c2Cl)c1. The summed E-state index contributed by atoms with van der Waals surface area (Å²) in [5.41, 5.74) is 1.23. The molecule has 3 aromatic rings. The lowest BCUT2D eigenvalue weighted by Gasteiger charge is -2.12. The minimum Gasteiger partial charge on any atom is -0.478 e. The highest BCUT2D eigenvalue weighted by Gasteiger charge is 2.18. The van der Waals surface area contributed by atoms with Gasteiger partial charge < -0.3 is 5.11 Å². The normalized spacial score (nSPS) is 10.9. The number of hydrogen-bond acceptors (Lipinski definition) is 2. The molecule has 138 valence electrons. The zero-order valence-electron chi connectivity index (χ0n) is 13.0. The van der Waals surface area contributed by atoms with Crippen LogP contribution in [0.15, 0.2) is 36.4 Å². The summed E-state index contributed by atoms with van der Waals surface area (Å²) in [6.45, 7) is 0. The molecule has 0 fully saturated rings. The molecule has 1 aromatic heterocycles. The maximum Gasteiger partial charge on any atom is 0.335 e. The van der Waals surface area contributed by atoms with Crippen LogP contribution >= 0.6 is 69.6 Å². The van der Waals surface area contributed by atoms with Gasteiger partial charge >= 0.3 is 5.97 Å². The predicted octanol–water partition coefficient (Wildman–Crippen LogP) is 8.03. The highest BCUT2D eigenvalue weighted by molar-refractivity contribution is 6.45. The van der Waals surface area contributed by atoms with Crippen LogP contribution < -0.4 is 0 Å². The van der Waals surface area contributed by atoms with Gasteiger partial charge in [0.15, 0.2) is 0 Å². The Morgan fingerprint density at radius 3 is 1.48 bits per heavy atom. The number of rotatable bonds is 3. The van der Waals surface area contributed by atoms with Gasteiger partial charge in [-0.05, 0) is 36.4 Å². The maximum absolute atomic E-state index is 11.6. The molecular formula is C18H7Cl6NO2. The first-order valence-corrected chi connectivity index (χ1v) is 9.49. The van der Waals surface area contributed by atoms with Gasteiger partial charge in [0.2, 0.25) is 0 Å². The van der Waals surface area contributed by atoms with E-state index in [0.29, 0.717) is 21.2 Å². The first-order valence-electron chi connectivity index (χ1n) is 7.22. The van der Waals surface area contributed by atoms with E-state index in [9.17, 15) is 9.90 Å². The number of nitrogens with zero attached hydrogens (tertiary/aromatic N) is 1. The zero-order chi connectivity index (χ0) is 19.9. The molecule has 3 nitrogen and oxygen atoms in total. The number of hydrogen-bond donors (Lipinski definition) is 1. The Labute approximate surface area is 184 Å². The van der Waals surface area contributed by atoms with Gasteiger partial charge in [-0.1, -0.05) is 69.6 Å². The first kappa shape index (κ1) is 20.5. The monoisotopic (exact) mass is 479 g/mol. The second-order valence-corrected chi connectivity index (χ2v) is 7.87. The lowest BCUT2D eigenvalue weighted by Crippen LogP contribution is -2.00. The van der Waals surface area contributed by atoms with Crippen molar-refractivity contribution in [3.05, 3.63) is 72.1 Å². The predicted molar refractivity (Wildman–Crippen MR) is 112 cm³/mol. The molecule has 0 amide bonds. The van der Waals surface area contributed by atoms with E-state index < -0.39 is 5.97 Å². The summed E-state index contributed by atoms with van der Waals surface area (Å²) in [6.07, 6.45) is 0. The lowest BCUT2D eigenvalue weighted by atomic mass is 10.0. The van der Waals surface area contributed by atoms with E-state index in [1.54, 1.807) is 12.1 Å². The van der Waals surface area contributed by atoms with E-state index in [2.05, 4.69) is 4.98 Å². The van der Waals surface area contributed by atoms with Crippen molar-refractivity contribution in [3.63, 3.8) is 0 Å². The summed E-state index contributed by atoms with van der Waals surface area (Å²) in [5.74, 6) is -1.16. The number of carboxylic acid groups (broad SMARTS) is 1. The number of aromatic nitrogens is 1. The van der Waals surface area contributed by atoms with Crippen LogP contribution in [0.2, 0.25) is 30.1 Å². The smallest absolute Gasteiger partial charge is 0.335 e. The Morgan fingerprint density at radius 1 is 0.704 bits per heavy atom. The fourth-order valence-corrected chi connectivity index (χ4v) is 3.81. The largest absolute Gasteiger partial charge is 0.478 e. The fourth-order valence-electron chi connectivity index (χ4n) is 2.41. The molecule has 0 unspecified atom stereocenters. The Kier molecular flexibility index (Phi) is 6.11. The van der Waals surface area contributed by atoms with E-state index in [4.69, 9.17) is 69.6 Å². The number of carboxylic acids is 1. The molecule has 3 rings (SSSR count). The van der Waals surface area contributed by atoms with E-state index in [0.717, 1.165) is 0 Å². The standard InChI is InChI=1S/C18H7Cl6NO2/c19-8-3-10(16(23)12(21)5-8)14-1-7(18(26)27)2-15(25-14)11-4-9(20)6-13(22)17(11)24/h1-6H,(H,26,27). The molecule has 0 radical (unpaired) electrons. The quantitative estimate of drug-likeness (QED) is 0.385. The minimum atomic E-state index is -1.16. The van der Waals surface area contributed by atoms with Gasteiger partial charge in [0.1, 0.15) is 0 Å².